The van der Waals surface area contributed by atoms with E-state index in [0.717, 1.165) is 16.7 Å². The zero-order chi connectivity index (χ0) is 16.3. The van der Waals surface area contributed by atoms with Crippen LogP contribution in [0, 0.1) is 0 Å². The van der Waals surface area contributed by atoms with Crippen molar-refractivity contribution in [2.24, 2.45) is 0 Å². The van der Waals surface area contributed by atoms with Gasteiger partial charge in [0.05, 0.1) is 6.26 Å². The van der Waals surface area contributed by atoms with Crippen molar-refractivity contribution in [2.45, 2.75) is 43.6 Å². The quantitative estimate of drug-likeness (QED) is 0.665. The van der Waals surface area contributed by atoms with Crippen LogP contribution in [0.2, 0.25) is 0 Å². The molecule has 2 aromatic heterocycles. The molecule has 0 saturated heterocycles. The lowest BCUT2D eigenvalue weighted by atomic mass is 9.87. The summed E-state index contributed by atoms with van der Waals surface area (Å²) in [6.45, 7) is 7.21. The number of hydrogen-bond acceptors (Lipinski definition) is 5. The van der Waals surface area contributed by atoms with E-state index in [1.54, 1.807) is 22.7 Å². The molecule has 3 rings (SSSR count). The van der Waals surface area contributed by atoms with E-state index in [4.69, 9.17) is 4.42 Å². The lowest BCUT2D eigenvalue weighted by Gasteiger charge is -2.19. The summed E-state index contributed by atoms with van der Waals surface area (Å²) in [7, 11) is 0. The molecule has 0 spiro atoms. The van der Waals surface area contributed by atoms with E-state index in [1.165, 1.54) is 11.1 Å². The Bertz CT molecular complexity index is 742. The molecule has 3 aromatic rings. The molecule has 0 N–H and O–H groups in total. The highest BCUT2D eigenvalue weighted by molar-refractivity contribution is 7.98. The van der Waals surface area contributed by atoms with Crippen LogP contribution in [0.1, 0.15) is 37.7 Å². The van der Waals surface area contributed by atoms with Crippen LogP contribution in [0.15, 0.2) is 52.2 Å². The number of benzene rings is 1. The summed E-state index contributed by atoms with van der Waals surface area (Å²) in [5, 5.41) is 12.7. The Morgan fingerprint density at radius 3 is 2.57 bits per heavy atom. The van der Waals surface area contributed by atoms with Gasteiger partial charge in [0.1, 0.15) is 12.3 Å². The standard InChI is InChI=1S/C17H20N4OS/c1-17(2,3)14-8-6-13(7-9-14)12-23-16-18-19-20-21(16)11-15-5-4-10-22-15/h4-10H,11-12H2,1-3H3. The van der Waals surface area contributed by atoms with Gasteiger partial charge in [0, 0.05) is 5.75 Å². The van der Waals surface area contributed by atoms with Crippen molar-refractivity contribution in [3.05, 3.63) is 59.5 Å². The van der Waals surface area contributed by atoms with Gasteiger partial charge < -0.3 is 4.42 Å². The second-order valence-electron chi connectivity index (χ2n) is 6.43. The Balaban J connectivity index is 1.64. The Morgan fingerprint density at radius 1 is 1.13 bits per heavy atom. The normalized spacial score (nSPS) is 11.8. The zero-order valence-electron chi connectivity index (χ0n) is 13.6. The summed E-state index contributed by atoms with van der Waals surface area (Å²) in [4.78, 5) is 0. The molecule has 0 aliphatic carbocycles. The molecule has 0 saturated carbocycles. The van der Waals surface area contributed by atoms with Crippen LogP contribution in [0.25, 0.3) is 0 Å². The fraction of sp³-hybridized carbons (Fsp3) is 0.353. The third kappa shape index (κ3) is 4.01. The van der Waals surface area contributed by atoms with Gasteiger partial charge in [-0.05, 0) is 39.1 Å². The summed E-state index contributed by atoms with van der Waals surface area (Å²) in [5.74, 6) is 1.68. The topological polar surface area (TPSA) is 56.7 Å². The summed E-state index contributed by atoms with van der Waals surface area (Å²) in [6.07, 6.45) is 1.66. The van der Waals surface area contributed by atoms with Gasteiger partial charge in [0.25, 0.3) is 0 Å². The lowest BCUT2D eigenvalue weighted by Crippen LogP contribution is -2.10. The summed E-state index contributed by atoms with van der Waals surface area (Å²) in [5.41, 5.74) is 2.78. The average Bonchev–Trinajstić information content (AvgIpc) is 3.17. The largest absolute Gasteiger partial charge is 0.467 e. The van der Waals surface area contributed by atoms with Crippen LogP contribution in [0.4, 0.5) is 0 Å². The number of furan rings is 1. The monoisotopic (exact) mass is 328 g/mol. The van der Waals surface area contributed by atoms with Crippen molar-refractivity contribution in [1.82, 2.24) is 20.2 Å². The molecule has 1 aromatic carbocycles. The van der Waals surface area contributed by atoms with Gasteiger partial charge in [-0.3, -0.25) is 0 Å². The molecule has 5 nitrogen and oxygen atoms in total. The molecule has 0 bridgehead atoms. The number of hydrogen-bond donors (Lipinski definition) is 0. The van der Waals surface area contributed by atoms with Crippen LogP contribution in [-0.2, 0) is 17.7 Å². The fourth-order valence-corrected chi connectivity index (χ4v) is 3.03. The van der Waals surface area contributed by atoms with Crippen molar-refractivity contribution >= 4 is 11.8 Å². The highest BCUT2D eigenvalue weighted by Gasteiger charge is 2.13. The second-order valence-corrected chi connectivity index (χ2v) is 7.38. The molecule has 0 radical (unpaired) electrons. The van der Waals surface area contributed by atoms with Gasteiger partial charge in [-0.2, -0.15) is 0 Å². The number of nitrogens with zero attached hydrogens (tertiary/aromatic N) is 4. The minimum absolute atomic E-state index is 0.179. The Labute approximate surface area is 140 Å². The molecule has 0 amide bonds. The summed E-state index contributed by atoms with van der Waals surface area (Å²) >= 11 is 1.63. The third-order valence-electron chi connectivity index (χ3n) is 3.57. The van der Waals surface area contributed by atoms with Crippen LogP contribution >= 0.6 is 11.8 Å². The predicted molar refractivity (Wildman–Crippen MR) is 90.3 cm³/mol. The molecule has 0 aliphatic rings. The summed E-state index contributed by atoms with van der Waals surface area (Å²) < 4.78 is 7.10. The van der Waals surface area contributed by atoms with E-state index in [1.807, 2.05) is 12.1 Å². The molecule has 120 valence electrons. The number of tetrazole rings is 1. The van der Waals surface area contributed by atoms with Crippen molar-refractivity contribution in [2.75, 3.05) is 0 Å². The number of rotatable bonds is 5. The van der Waals surface area contributed by atoms with Gasteiger partial charge in [-0.15, -0.1) is 5.10 Å². The van der Waals surface area contributed by atoms with Crippen LogP contribution in [0.3, 0.4) is 0 Å². The fourth-order valence-electron chi connectivity index (χ4n) is 2.20. The van der Waals surface area contributed by atoms with E-state index >= 15 is 0 Å². The highest BCUT2D eigenvalue weighted by atomic mass is 32.2. The smallest absolute Gasteiger partial charge is 0.210 e. The molecule has 6 heteroatoms. The zero-order valence-corrected chi connectivity index (χ0v) is 14.4. The van der Waals surface area contributed by atoms with E-state index in [2.05, 4.69) is 60.6 Å². The molecule has 0 fully saturated rings. The maximum Gasteiger partial charge on any atom is 0.210 e. The van der Waals surface area contributed by atoms with Gasteiger partial charge in [0.15, 0.2) is 0 Å². The summed E-state index contributed by atoms with van der Waals surface area (Å²) in [6, 6.07) is 12.5. The van der Waals surface area contributed by atoms with Gasteiger partial charge in [-0.25, -0.2) is 4.68 Å². The first-order valence-corrected chi connectivity index (χ1v) is 8.52. The minimum Gasteiger partial charge on any atom is -0.467 e. The van der Waals surface area contributed by atoms with Crippen molar-refractivity contribution in [3.8, 4) is 0 Å². The maximum atomic E-state index is 5.34. The molecular formula is C17H20N4OS. The average molecular weight is 328 g/mol. The Kier molecular flexibility index (Phi) is 4.52. The highest BCUT2D eigenvalue weighted by Crippen LogP contribution is 2.25. The van der Waals surface area contributed by atoms with E-state index in [9.17, 15) is 0 Å². The Morgan fingerprint density at radius 2 is 1.91 bits per heavy atom. The SMILES string of the molecule is CC(C)(C)c1ccc(CSc2nnnn2Cc2ccco2)cc1. The number of aromatic nitrogens is 4. The van der Waals surface area contributed by atoms with E-state index in [0.29, 0.717) is 6.54 Å². The third-order valence-corrected chi connectivity index (χ3v) is 4.60. The predicted octanol–water partition coefficient (Wildman–Crippen LogP) is 3.90. The number of thioether (sulfide) groups is 1. The van der Waals surface area contributed by atoms with Crippen molar-refractivity contribution in [1.29, 1.82) is 0 Å². The van der Waals surface area contributed by atoms with Gasteiger partial charge in [0.2, 0.25) is 5.16 Å². The Hall–Kier alpha value is -2.08. The maximum absolute atomic E-state index is 5.34. The molecule has 0 atom stereocenters. The first-order chi connectivity index (χ1) is 11.0. The second kappa shape index (κ2) is 6.58. The molecular weight excluding hydrogens is 308 g/mol. The van der Waals surface area contributed by atoms with Crippen LogP contribution in [0.5, 0.6) is 0 Å². The first-order valence-electron chi connectivity index (χ1n) is 7.53. The van der Waals surface area contributed by atoms with Gasteiger partial charge in [-0.1, -0.05) is 56.8 Å². The molecule has 0 aliphatic heterocycles. The lowest BCUT2D eigenvalue weighted by molar-refractivity contribution is 0.462. The van der Waals surface area contributed by atoms with E-state index in [-0.39, 0.29) is 5.41 Å². The molecule has 2 heterocycles. The van der Waals surface area contributed by atoms with Crippen LogP contribution in [-0.4, -0.2) is 20.2 Å². The molecule has 23 heavy (non-hydrogen) atoms. The van der Waals surface area contributed by atoms with Crippen molar-refractivity contribution in [3.63, 3.8) is 0 Å². The first kappa shape index (κ1) is 15.8. The minimum atomic E-state index is 0.179. The molecule has 0 unspecified atom stereocenters. The van der Waals surface area contributed by atoms with Crippen molar-refractivity contribution < 1.29 is 4.42 Å². The van der Waals surface area contributed by atoms with E-state index < -0.39 is 0 Å². The van der Waals surface area contributed by atoms with Gasteiger partial charge >= 0.3 is 0 Å². The van der Waals surface area contributed by atoms with Crippen LogP contribution < -0.4 is 0 Å².